The lowest BCUT2D eigenvalue weighted by Gasteiger charge is -2.17. The minimum Gasteiger partial charge on any atom is -0.489 e. The van der Waals surface area contributed by atoms with Crippen molar-refractivity contribution >= 4 is 11.8 Å². The molecule has 0 unspecified atom stereocenters. The van der Waals surface area contributed by atoms with Crippen molar-refractivity contribution in [3.63, 3.8) is 0 Å². The van der Waals surface area contributed by atoms with Crippen molar-refractivity contribution in [2.45, 2.75) is 12.6 Å². The third-order valence-electron chi connectivity index (χ3n) is 3.31. The van der Waals surface area contributed by atoms with E-state index in [0.717, 1.165) is 5.56 Å². The molecule has 1 aliphatic rings. The summed E-state index contributed by atoms with van der Waals surface area (Å²) in [6, 6.07) is 4.69. The van der Waals surface area contributed by atoms with Crippen LogP contribution in [0.5, 0.6) is 5.75 Å². The Kier molecular flexibility index (Phi) is 5.42. The van der Waals surface area contributed by atoms with E-state index in [9.17, 15) is 27.2 Å². The molecule has 2 N–H and O–H groups in total. The Balaban J connectivity index is 1.92. The number of amides is 2. The summed E-state index contributed by atoms with van der Waals surface area (Å²) in [4.78, 5) is 22.3. The van der Waals surface area contributed by atoms with Crippen LogP contribution in [-0.2, 0) is 11.2 Å². The Morgan fingerprint density at radius 1 is 1.38 bits per heavy atom. The van der Waals surface area contributed by atoms with E-state index in [-0.39, 0.29) is 24.4 Å². The summed E-state index contributed by atoms with van der Waals surface area (Å²) in [5.74, 6) is -1.99. The van der Waals surface area contributed by atoms with Crippen LogP contribution in [-0.4, -0.2) is 37.7 Å². The van der Waals surface area contributed by atoms with Gasteiger partial charge < -0.3 is 15.4 Å². The van der Waals surface area contributed by atoms with Gasteiger partial charge in [-0.1, -0.05) is 0 Å². The molecular formula is C15H14F4N2O3. The van der Waals surface area contributed by atoms with Gasteiger partial charge in [-0.25, -0.2) is 4.39 Å². The molecule has 2 amide bonds. The van der Waals surface area contributed by atoms with Crippen LogP contribution in [0.15, 0.2) is 30.1 Å². The van der Waals surface area contributed by atoms with Gasteiger partial charge in [0.05, 0.1) is 6.33 Å². The van der Waals surface area contributed by atoms with Gasteiger partial charge in [0.1, 0.15) is 12.4 Å². The van der Waals surface area contributed by atoms with Crippen molar-refractivity contribution in [2.75, 3.05) is 19.7 Å². The highest BCUT2D eigenvalue weighted by Gasteiger charge is 2.38. The average molecular weight is 346 g/mol. The number of nitrogens with one attached hydrogen (secondary N) is 2. The molecule has 24 heavy (non-hydrogen) atoms. The van der Waals surface area contributed by atoms with Gasteiger partial charge in [-0.05, 0) is 30.2 Å². The molecule has 0 bridgehead atoms. The lowest BCUT2D eigenvalue weighted by molar-refractivity contribution is -0.173. The summed E-state index contributed by atoms with van der Waals surface area (Å²) in [5, 5.41) is 4.25. The Morgan fingerprint density at radius 3 is 2.79 bits per heavy atom. The number of carbonyl (C=O) groups is 2. The fourth-order valence-corrected chi connectivity index (χ4v) is 2.09. The molecule has 130 valence electrons. The quantitative estimate of drug-likeness (QED) is 0.800. The first-order valence-corrected chi connectivity index (χ1v) is 6.98. The monoisotopic (exact) mass is 346 g/mol. The number of alkyl halides is 3. The van der Waals surface area contributed by atoms with Crippen LogP contribution in [0, 0.1) is 0 Å². The van der Waals surface area contributed by atoms with Gasteiger partial charge in [0.15, 0.2) is 0 Å². The van der Waals surface area contributed by atoms with Gasteiger partial charge in [0, 0.05) is 24.2 Å². The highest BCUT2D eigenvalue weighted by molar-refractivity contribution is 5.96. The lowest BCUT2D eigenvalue weighted by Crippen LogP contribution is -2.38. The fraction of sp³-hybridized carbons (Fsp3) is 0.333. The zero-order chi connectivity index (χ0) is 17.7. The number of ether oxygens (including phenoxy) is 1. The van der Waals surface area contributed by atoms with E-state index >= 15 is 0 Å². The third kappa shape index (κ3) is 4.46. The molecule has 0 saturated carbocycles. The second-order valence-electron chi connectivity index (χ2n) is 5.06. The smallest absolute Gasteiger partial charge is 0.471 e. The van der Waals surface area contributed by atoms with E-state index in [2.05, 4.69) is 5.32 Å². The standard InChI is InChI=1S/C15H14F4N2O3/c16-6-9(7-21-14(23)15(17,18)19)8-24-11-1-2-12-10(5-11)3-4-20-13(12)22/h1-2,5-6H,3-4,7-8H2,(H,20,22)(H,21,23). The molecule has 1 heterocycles. The van der Waals surface area contributed by atoms with Crippen LogP contribution in [0.2, 0.25) is 0 Å². The maximum Gasteiger partial charge on any atom is 0.471 e. The van der Waals surface area contributed by atoms with E-state index < -0.39 is 18.6 Å². The maximum atomic E-state index is 12.7. The van der Waals surface area contributed by atoms with Gasteiger partial charge in [0.25, 0.3) is 5.91 Å². The lowest BCUT2D eigenvalue weighted by atomic mass is 10.0. The first-order chi connectivity index (χ1) is 11.3. The molecular weight excluding hydrogens is 332 g/mol. The SMILES string of the molecule is O=C1NCCc2cc(OCC(=CF)CNC(=O)C(F)(F)F)ccc21. The van der Waals surface area contributed by atoms with Crippen molar-refractivity contribution in [2.24, 2.45) is 0 Å². The molecule has 0 aromatic heterocycles. The molecule has 1 aromatic rings. The van der Waals surface area contributed by atoms with Crippen molar-refractivity contribution < 1.29 is 31.9 Å². The molecule has 5 nitrogen and oxygen atoms in total. The van der Waals surface area contributed by atoms with E-state index in [1.54, 1.807) is 17.4 Å². The van der Waals surface area contributed by atoms with Gasteiger partial charge in [-0.3, -0.25) is 9.59 Å². The summed E-state index contributed by atoms with van der Waals surface area (Å²) in [5.41, 5.74) is 1.13. The summed E-state index contributed by atoms with van der Waals surface area (Å²) < 4.78 is 54.2. The maximum absolute atomic E-state index is 12.7. The molecule has 1 aromatic carbocycles. The fourth-order valence-electron chi connectivity index (χ4n) is 2.09. The van der Waals surface area contributed by atoms with E-state index in [1.165, 1.54) is 6.07 Å². The zero-order valence-electron chi connectivity index (χ0n) is 12.4. The number of hydrogen-bond acceptors (Lipinski definition) is 3. The highest BCUT2D eigenvalue weighted by Crippen LogP contribution is 2.21. The second kappa shape index (κ2) is 7.33. The Morgan fingerprint density at radius 2 is 2.12 bits per heavy atom. The number of hydrogen-bond donors (Lipinski definition) is 2. The van der Waals surface area contributed by atoms with E-state index in [1.807, 2.05) is 0 Å². The summed E-state index contributed by atoms with van der Waals surface area (Å²) in [6.07, 6.45) is -4.32. The molecule has 0 spiro atoms. The number of benzene rings is 1. The Hall–Kier alpha value is -2.58. The van der Waals surface area contributed by atoms with Gasteiger partial charge in [-0.2, -0.15) is 13.2 Å². The normalized spacial score (nSPS) is 14.7. The van der Waals surface area contributed by atoms with Crippen LogP contribution in [0.4, 0.5) is 17.6 Å². The van der Waals surface area contributed by atoms with Crippen LogP contribution < -0.4 is 15.4 Å². The summed E-state index contributed by atoms with van der Waals surface area (Å²) >= 11 is 0. The van der Waals surface area contributed by atoms with E-state index in [4.69, 9.17) is 4.74 Å². The summed E-state index contributed by atoms with van der Waals surface area (Å²) in [6.45, 7) is -0.462. The van der Waals surface area contributed by atoms with Crippen molar-refractivity contribution in [1.82, 2.24) is 10.6 Å². The molecule has 0 aliphatic carbocycles. The third-order valence-corrected chi connectivity index (χ3v) is 3.31. The minimum absolute atomic E-state index is 0.0858. The number of halogens is 4. The molecule has 2 rings (SSSR count). The zero-order valence-corrected chi connectivity index (χ0v) is 12.4. The molecule has 0 saturated heterocycles. The van der Waals surface area contributed by atoms with Crippen molar-refractivity contribution in [3.8, 4) is 5.75 Å². The first kappa shape index (κ1) is 17.8. The first-order valence-electron chi connectivity index (χ1n) is 6.98. The predicted molar refractivity (Wildman–Crippen MR) is 76.2 cm³/mol. The Bertz CT molecular complexity index is 671. The van der Waals surface area contributed by atoms with Crippen LogP contribution >= 0.6 is 0 Å². The van der Waals surface area contributed by atoms with Gasteiger partial charge in [0.2, 0.25) is 0 Å². The molecule has 1 aliphatic heterocycles. The Labute approximate surface area is 134 Å². The minimum atomic E-state index is -5.03. The van der Waals surface area contributed by atoms with E-state index in [0.29, 0.717) is 24.3 Å². The molecule has 0 radical (unpaired) electrons. The van der Waals surface area contributed by atoms with Gasteiger partial charge in [-0.15, -0.1) is 0 Å². The predicted octanol–water partition coefficient (Wildman–Crippen LogP) is 1.88. The van der Waals surface area contributed by atoms with Crippen LogP contribution in [0.25, 0.3) is 0 Å². The largest absolute Gasteiger partial charge is 0.489 e. The van der Waals surface area contributed by atoms with Gasteiger partial charge >= 0.3 is 12.1 Å². The number of fused-ring (bicyclic) bond motifs is 1. The van der Waals surface area contributed by atoms with Crippen molar-refractivity contribution in [1.29, 1.82) is 0 Å². The van der Waals surface area contributed by atoms with Crippen LogP contribution in [0.1, 0.15) is 15.9 Å². The molecule has 0 fully saturated rings. The molecule has 0 atom stereocenters. The topological polar surface area (TPSA) is 67.4 Å². The van der Waals surface area contributed by atoms with Crippen LogP contribution in [0.3, 0.4) is 0 Å². The molecule has 9 heteroatoms. The highest BCUT2D eigenvalue weighted by atomic mass is 19.4. The van der Waals surface area contributed by atoms with Crippen molar-refractivity contribution in [3.05, 3.63) is 41.2 Å². The number of rotatable bonds is 5. The second-order valence-corrected chi connectivity index (χ2v) is 5.06. The average Bonchev–Trinajstić information content (AvgIpc) is 2.54. The number of carbonyl (C=O) groups excluding carboxylic acids is 2. The summed E-state index contributed by atoms with van der Waals surface area (Å²) in [7, 11) is 0.